The van der Waals surface area contributed by atoms with Gasteiger partial charge in [-0.25, -0.2) is 0 Å². The maximum atomic E-state index is 5.89. The smallest absolute Gasteiger partial charge is 0.155 e. The number of nitrogens with two attached hydrogens (primary N) is 1. The number of benzene rings is 4. The average Bonchev–Trinajstić information content (AvgIpc) is 2.78. The molecule has 3 nitrogen and oxygen atoms in total. The molecule has 160 valence electrons. The van der Waals surface area contributed by atoms with Crippen molar-refractivity contribution in [3.05, 3.63) is 85.3 Å². The highest BCUT2D eigenvalue weighted by atomic mass is 127. The molecule has 4 aromatic rings. The van der Waals surface area contributed by atoms with Gasteiger partial charge in [-0.05, 0) is 115 Å². The van der Waals surface area contributed by atoms with Gasteiger partial charge < -0.3 is 15.2 Å². The summed E-state index contributed by atoms with van der Waals surface area (Å²) in [5.41, 5.74) is 6.51. The van der Waals surface area contributed by atoms with Crippen LogP contribution in [0.1, 0.15) is 0 Å². The van der Waals surface area contributed by atoms with E-state index >= 15 is 0 Å². The Kier molecular flexibility index (Phi) is 6.67. The molecule has 2 aliphatic rings. The first-order valence-corrected chi connectivity index (χ1v) is 13.8. The van der Waals surface area contributed by atoms with Gasteiger partial charge >= 0.3 is 0 Å². The van der Waals surface area contributed by atoms with Gasteiger partial charge in [0, 0.05) is 9.26 Å². The second-order valence-electron chi connectivity index (χ2n) is 6.84. The molecule has 2 aliphatic heterocycles. The van der Waals surface area contributed by atoms with Crippen molar-refractivity contribution in [3.8, 4) is 23.0 Å². The van der Waals surface area contributed by atoms with Crippen LogP contribution in [0.5, 0.6) is 23.0 Å². The van der Waals surface area contributed by atoms with Crippen LogP contribution in [0.3, 0.4) is 0 Å². The normalized spacial score (nSPS) is 12.6. The van der Waals surface area contributed by atoms with Gasteiger partial charge in [-0.15, -0.1) is 0 Å². The molecule has 0 fully saturated rings. The number of para-hydroxylation sites is 2. The van der Waals surface area contributed by atoms with Crippen molar-refractivity contribution in [2.45, 2.75) is 19.6 Å². The Labute approximate surface area is 224 Å². The fourth-order valence-electron chi connectivity index (χ4n) is 3.13. The molecule has 0 spiro atoms. The van der Waals surface area contributed by atoms with Crippen molar-refractivity contribution in [2.75, 3.05) is 5.73 Å². The summed E-state index contributed by atoms with van der Waals surface area (Å²) in [4.78, 5) is 4.50. The monoisotopic (exact) mass is 697 g/mol. The first-order chi connectivity index (χ1) is 15.5. The highest BCUT2D eigenvalue weighted by molar-refractivity contribution is 14.1. The summed E-state index contributed by atoms with van der Waals surface area (Å²) in [5, 5.41) is 0. The first kappa shape index (κ1) is 22.5. The topological polar surface area (TPSA) is 44.5 Å². The minimum Gasteiger partial charge on any atom is -0.454 e. The molecule has 0 saturated heterocycles. The summed E-state index contributed by atoms with van der Waals surface area (Å²) in [7, 11) is 0. The standard InChI is InChI=1S/C12H6BrIOS.C12H8BrNOS/c2*13-8-2-1-3-10-12(8)15-9-5-4-7(14)6-11(9)16-10/h1-6H;1-6H,14H2. The lowest BCUT2D eigenvalue weighted by atomic mass is 10.3. The molecule has 6 rings (SSSR count). The second kappa shape index (κ2) is 9.50. The van der Waals surface area contributed by atoms with Crippen LogP contribution in [0.4, 0.5) is 5.69 Å². The Morgan fingerprint density at radius 1 is 0.656 bits per heavy atom. The summed E-state index contributed by atoms with van der Waals surface area (Å²) >= 11 is 12.7. The van der Waals surface area contributed by atoms with Crippen molar-refractivity contribution in [1.29, 1.82) is 0 Å². The van der Waals surface area contributed by atoms with E-state index in [1.165, 1.54) is 8.47 Å². The number of fused-ring (bicyclic) bond motifs is 4. The summed E-state index contributed by atoms with van der Waals surface area (Å²) in [6, 6.07) is 24.0. The number of anilines is 1. The Morgan fingerprint density at radius 3 is 1.78 bits per heavy atom. The summed E-state index contributed by atoms with van der Waals surface area (Å²) < 4.78 is 14.9. The van der Waals surface area contributed by atoms with Gasteiger partial charge in [0.15, 0.2) is 11.5 Å². The van der Waals surface area contributed by atoms with Gasteiger partial charge in [0.25, 0.3) is 0 Å². The number of hydrogen-bond acceptors (Lipinski definition) is 5. The van der Waals surface area contributed by atoms with E-state index in [4.69, 9.17) is 15.2 Å². The second-order valence-corrected chi connectivity index (χ2v) is 12.0. The van der Waals surface area contributed by atoms with Crippen LogP contribution < -0.4 is 15.2 Å². The quantitative estimate of drug-likeness (QED) is 0.126. The Bertz CT molecular complexity index is 1250. The van der Waals surface area contributed by atoms with E-state index < -0.39 is 0 Å². The highest BCUT2D eigenvalue weighted by Crippen LogP contribution is 2.51. The third kappa shape index (κ3) is 4.65. The van der Waals surface area contributed by atoms with E-state index in [1.807, 2.05) is 54.6 Å². The molecule has 0 unspecified atom stereocenters. The fourth-order valence-corrected chi connectivity index (χ4v) is 7.04. The van der Waals surface area contributed by atoms with Crippen LogP contribution in [-0.4, -0.2) is 0 Å². The molecule has 0 amide bonds. The molecule has 8 heteroatoms. The zero-order chi connectivity index (χ0) is 22.2. The molecule has 0 aromatic heterocycles. The van der Waals surface area contributed by atoms with Crippen LogP contribution in [0.25, 0.3) is 0 Å². The molecule has 0 bridgehead atoms. The lowest BCUT2D eigenvalue weighted by Crippen LogP contribution is -1.96. The number of ether oxygens (including phenoxy) is 2. The summed E-state index contributed by atoms with van der Waals surface area (Å²) in [6.45, 7) is 0. The summed E-state index contributed by atoms with van der Waals surface area (Å²) in [6.07, 6.45) is 0. The maximum absolute atomic E-state index is 5.89. The Morgan fingerprint density at radius 2 is 1.19 bits per heavy atom. The van der Waals surface area contributed by atoms with E-state index in [9.17, 15) is 0 Å². The molecule has 2 heterocycles. The predicted octanol–water partition coefficient (Wildman–Crippen LogP) is 9.60. The van der Waals surface area contributed by atoms with Crippen molar-refractivity contribution < 1.29 is 9.47 Å². The van der Waals surface area contributed by atoms with Crippen LogP contribution >= 0.6 is 78.0 Å². The van der Waals surface area contributed by atoms with Crippen LogP contribution in [-0.2, 0) is 0 Å². The van der Waals surface area contributed by atoms with Gasteiger partial charge in [0.1, 0.15) is 11.5 Å². The van der Waals surface area contributed by atoms with Gasteiger partial charge in [-0.2, -0.15) is 0 Å². The van der Waals surface area contributed by atoms with Crippen molar-refractivity contribution in [3.63, 3.8) is 0 Å². The molecule has 2 N–H and O–H groups in total. The van der Waals surface area contributed by atoms with Gasteiger partial charge in [0.2, 0.25) is 0 Å². The fraction of sp³-hybridized carbons (Fsp3) is 0. The van der Waals surface area contributed by atoms with Crippen molar-refractivity contribution >= 4 is 83.7 Å². The zero-order valence-corrected chi connectivity index (χ0v) is 23.2. The van der Waals surface area contributed by atoms with Gasteiger partial charge in [-0.3, -0.25) is 0 Å². The van der Waals surface area contributed by atoms with Crippen molar-refractivity contribution in [1.82, 2.24) is 0 Å². The minimum absolute atomic E-state index is 0.758. The summed E-state index contributed by atoms with van der Waals surface area (Å²) in [5.74, 6) is 3.59. The number of halogens is 3. The zero-order valence-electron chi connectivity index (χ0n) is 16.3. The molecule has 0 aliphatic carbocycles. The Hall–Kier alpha value is -1.33. The first-order valence-electron chi connectivity index (χ1n) is 9.45. The van der Waals surface area contributed by atoms with Crippen molar-refractivity contribution in [2.24, 2.45) is 0 Å². The molecule has 32 heavy (non-hydrogen) atoms. The van der Waals surface area contributed by atoms with E-state index in [2.05, 4.69) is 72.6 Å². The minimum atomic E-state index is 0.758. The molecule has 0 radical (unpaired) electrons. The Balaban J connectivity index is 0.000000135. The van der Waals surface area contributed by atoms with Gasteiger partial charge in [-0.1, -0.05) is 35.7 Å². The molecular weight excluding hydrogens is 685 g/mol. The maximum Gasteiger partial charge on any atom is 0.155 e. The third-order valence-corrected chi connectivity index (χ3v) is 8.68. The predicted molar refractivity (Wildman–Crippen MR) is 147 cm³/mol. The molecule has 0 saturated carbocycles. The largest absolute Gasteiger partial charge is 0.454 e. The number of rotatable bonds is 0. The molecule has 4 aromatic carbocycles. The number of hydrogen-bond donors (Lipinski definition) is 1. The average molecular weight is 699 g/mol. The van der Waals surface area contributed by atoms with Crippen LogP contribution in [0, 0.1) is 3.57 Å². The molecule has 0 atom stereocenters. The van der Waals surface area contributed by atoms with Crippen LogP contribution in [0.2, 0.25) is 0 Å². The van der Waals surface area contributed by atoms with E-state index in [0.29, 0.717) is 0 Å². The van der Waals surface area contributed by atoms with E-state index in [0.717, 1.165) is 52.3 Å². The number of nitrogen functional groups attached to an aromatic ring is 1. The van der Waals surface area contributed by atoms with Crippen LogP contribution in [0.15, 0.2) is 101 Å². The highest BCUT2D eigenvalue weighted by Gasteiger charge is 2.20. The lowest BCUT2D eigenvalue weighted by molar-refractivity contribution is 0.451. The van der Waals surface area contributed by atoms with E-state index in [1.54, 1.807) is 23.5 Å². The third-order valence-electron chi connectivity index (χ3n) is 4.60. The van der Waals surface area contributed by atoms with E-state index in [-0.39, 0.29) is 0 Å². The lowest BCUT2D eigenvalue weighted by Gasteiger charge is -2.20. The van der Waals surface area contributed by atoms with Gasteiger partial charge in [0.05, 0.1) is 28.5 Å². The molecular formula is C24H14Br2INO2S2. The SMILES string of the molecule is Brc1cccc2c1Oc1ccc(I)cc1S2.Nc1ccc2c(c1)Sc1cccc(Br)c1O2.